The lowest BCUT2D eigenvalue weighted by Gasteiger charge is -2.24. The molecule has 2 aromatic rings. The number of hydrogen-bond donors (Lipinski definition) is 2. The second-order valence-corrected chi connectivity index (χ2v) is 5.43. The highest BCUT2D eigenvalue weighted by Crippen LogP contribution is 2.31. The number of rotatable bonds is 4. The van der Waals surface area contributed by atoms with Crippen LogP contribution in [0.2, 0.25) is 0 Å². The molecule has 0 saturated carbocycles. The third-order valence-electron chi connectivity index (χ3n) is 4.03. The normalized spacial score (nSPS) is 18.4. The van der Waals surface area contributed by atoms with Crippen molar-refractivity contribution in [2.45, 2.75) is 31.4 Å². The molecule has 0 saturated heterocycles. The monoisotopic (exact) mass is 301 g/mol. The predicted molar refractivity (Wildman–Crippen MR) is 80.5 cm³/mol. The largest absolute Gasteiger partial charge is 0.497 e. The molecule has 3 rings (SSSR count). The number of nitrogens with one attached hydrogen (secondary N) is 1. The van der Waals surface area contributed by atoms with E-state index in [1.165, 1.54) is 0 Å². The predicted octanol–water partition coefficient (Wildman–Crippen LogP) is 2.52. The van der Waals surface area contributed by atoms with Crippen molar-refractivity contribution in [1.82, 2.24) is 5.32 Å². The van der Waals surface area contributed by atoms with Gasteiger partial charge in [-0.3, -0.25) is 4.79 Å². The Morgan fingerprint density at radius 1 is 1.45 bits per heavy atom. The second-order valence-electron chi connectivity index (χ2n) is 5.43. The summed E-state index contributed by atoms with van der Waals surface area (Å²) in [6.07, 6.45) is 3.14. The van der Waals surface area contributed by atoms with Crippen LogP contribution in [0.5, 0.6) is 5.75 Å². The summed E-state index contributed by atoms with van der Waals surface area (Å²) in [6.45, 7) is 0. The van der Waals surface area contributed by atoms with Gasteiger partial charge in [0.05, 0.1) is 19.4 Å². The summed E-state index contributed by atoms with van der Waals surface area (Å²) in [5.41, 5.74) is 1.53. The maximum Gasteiger partial charge on any atom is 0.253 e. The Bertz CT molecular complexity index is 664. The van der Waals surface area contributed by atoms with Gasteiger partial charge in [-0.25, -0.2) is 0 Å². The maximum atomic E-state index is 12.3. The van der Waals surface area contributed by atoms with E-state index in [1.807, 2.05) is 6.07 Å². The van der Waals surface area contributed by atoms with Gasteiger partial charge in [-0.05, 0) is 36.6 Å². The highest BCUT2D eigenvalue weighted by Gasteiger charge is 2.27. The quantitative estimate of drug-likeness (QED) is 0.910. The van der Waals surface area contributed by atoms with Gasteiger partial charge < -0.3 is 19.6 Å². The van der Waals surface area contributed by atoms with Crippen molar-refractivity contribution in [3.63, 3.8) is 0 Å². The molecule has 0 fully saturated rings. The van der Waals surface area contributed by atoms with E-state index >= 15 is 0 Å². The molecule has 1 amide bonds. The summed E-state index contributed by atoms with van der Waals surface area (Å²) in [5.74, 6) is 1.12. The first-order valence-corrected chi connectivity index (χ1v) is 7.37. The van der Waals surface area contributed by atoms with Crippen LogP contribution < -0.4 is 10.1 Å². The molecule has 1 heterocycles. The average molecular weight is 301 g/mol. The minimum Gasteiger partial charge on any atom is -0.497 e. The molecule has 2 unspecified atom stereocenters. The number of fused-ring (bicyclic) bond motifs is 1. The molecule has 2 atom stereocenters. The zero-order chi connectivity index (χ0) is 15.5. The van der Waals surface area contributed by atoms with Crippen molar-refractivity contribution in [2.75, 3.05) is 7.11 Å². The summed E-state index contributed by atoms with van der Waals surface area (Å²) < 4.78 is 10.5. The number of methoxy groups -OCH3 is 1. The smallest absolute Gasteiger partial charge is 0.253 e. The van der Waals surface area contributed by atoms with Gasteiger partial charge in [0.15, 0.2) is 6.10 Å². The van der Waals surface area contributed by atoms with Gasteiger partial charge in [0.25, 0.3) is 5.91 Å². The fourth-order valence-electron chi connectivity index (χ4n) is 2.85. The molecule has 1 aromatic carbocycles. The number of hydrogen-bond acceptors (Lipinski definition) is 4. The molecule has 5 heteroatoms. The topological polar surface area (TPSA) is 71.7 Å². The molecule has 0 spiro atoms. The van der Waals surface area contributed by atoms with Gasteiger partial charge in [-0.1, -0.05) is 12.1 Å². The highest BCUT2D eigenvalue weighted by atomic mass is 16.5. The Morgan fingerprint density at radius 2 is 2.32 bits per heavy atom. The molecule has 5 nitrogen and oxygen atoms in total. The summed E-state index contributed by atoms with van der Waals surface area (Å²) in [4.78, 5) is 12.3. The SMILES string of the molecule is COc1cccc(C(O)C(=O)NC2CCCc3occc32)c1. The number of benzene rings is 1. The highest BCUT2D eigenvalue weighted by molar-refractivity contribution is 5.82. The second kappa shape index (κ2) is 6.23. The number of ether oxygens (including phenoxy) is 1. The van der Waals surface area contributed by atoms with Crippen LogP contribution in [0, 0.1) is 0 Å². The van der Waals surface area contributed by atoms with Crippen molar-refractivity contribution in [3.8, 4) is 5.75 Å². The minimum atomic E-state index is -1.22. The van der Waals surface area contributed by atoms with Gasteiger partial charge in [-0.15, -0.1) is 0 Å². The van der Waals surface area contributed by atoms with Crippen LogP contribution in [0.3, 0.4) is 0 Å². The number of aliphatic hydroxyl groups excluding tert-OH is 1. The number of carbonyl (C=O) groups is 1. The van der Waals surface area contributed by atoms with Crippen LogP contribution in [-0.4, -0.2) is 18.1 Å². The Labute approximate surface area is 128 Å². The van der Waals surface area contributed by atoms with E-state index in [0.29, 0.717) is 11.3 Å². The number of furan rings is 1. The Hall–Kier alpha value is -2.27. The third-order valence-corrected chi connectivity index (χ3v) is 4.03. The summed E-state index contributed by atoms with van der Waals surface area (Å²) >= 11 is 0. The molecule has 22 heavy (non-hydrogen) atoms. The molecule has 0 bridgehead atoms. The van der Waals surface area contributed by atoms with Crippen LogP contribution in [-0.2, 0) is 11.2 Å². The first-order chi connectivity index (χ1) is 10.7. The third kappa shape index (κ3) is 2.85. The first-order valence-electron chi connectivity index (χ1n) is 7.37. The Balaban J connectivity index is 1.72. The molecule has 0 radical (unpaired) electrons. The van der Waals surface area contributed by atoms with Crippen molar-refractivity contribution >= 4 is 5.91 Å². The zero-order valence-corrected chi connectivity index (χ0v) is 12.4. The van der Waals surface area contributed by atoms with E-state index in [2.05, 4.69) is 5.32 Å². The van der Waals surface area contributed by atoms with Gasteiger partial charge in [0.2, 0.25) is 0 Å². The minimum absolute atomic E-state index is 0.102. The molecule has 1 aromatic heterocycles. The standard InChI is InChI=1S/C17H19NO4/c1-21-12-5-2-4-11(10-12)16(19)17(20)18-14-6-3-7-15-13(14)8-9-22-15/h2,4-5,8-10,14,16,19H,3,6-7H2,1H3,(H,18,20). The summed E-state index contributed by atoms with van der Waals surface area (Å²) in [7, 11) is 1.55. The van der Waals surface area contributed by atoms with Gasteiger partial charge >= 0.3 is 0 Å². The molecule has 1 aliphatic carbocycles. The molecule has 1 aliphatic rings. The molecule has 2 N–H and O–H groups in total. The van der Waals surface area contributed by atoms with E-state index in [9.17, 15) is 9.90 Å². The summed E-state index contributed by atoms with van der Waals surface area (Å²) in [5, 5.41) is 13.2. The van der Waals surface area contributed by atoms with Crippen LogP contribution in [0.4, 0.5) is 0 Å². The van der Waals surface area contributed by atoms with Crippen LogP contribution in [0.15, 0.2) is 41.0 Å². The average Bonchev–Trinajstić information content (AvgIpc) is 3.04. The zero-order valence-electron chi connectivity index (χ0n) is 12.4. The van der Waals surface area contributed by atoms with E-state index in [0.717, 1.165) is 30.6 Å². The van der Waals surface area contributed by atoms with Crippen molar-refractivity contribution < 1.29 is 19.1 Å². The van der Waals surface area contributed by atoms with Gasteiger partial charge in [0.1, 0.15) is 11.5 Å². The molecule has 116 valence electrons. The van der Waals surface area contributed by atoms with E-state index < -0.39 is 12.0 Å². The van der Waals surface area contributed by atoms with Gasteiger partial charge in [0, 0.05) is 12.0 Å². The Morgan fingerprint density at radius 3 is 3.14 bits per heavy atom. The fourth-order valence-corrected chi connectivity index (χ4v) is 2.85. The molecular formula is C17H19NO4. The van der Waals surface area contributed by atoms with E-state index in [1.54, 1.807) is 37.6 Å². The fraction of sp³-hybridized carbons (Fsp3) is 0.353. The van der Waals surface area contributed by atoms with Crippen molar-refractivity contribution in [1.29, 1.82) is 0 Å². The maximum absolute atomic E-state index is 12.3. The van der Waals surface area contributed by atoms with Crippen LogP contribution >= 0.6 is 0 Å². The first kappa shape index (κ1) is 14.7. The molecule has 0 aliphatic heterocycles. The number of aryl methyl sites for hydroxylation is 1. The lowest BCUT2D eigenvalue weighted by molar-refractivity contribution is -0.130. The lowest BCUT2D eigenvalue weighted by atomic mass is 9.93. The van der Waals surface area contributed by atoms with E-state index in [-0.39, 0.29) is 6.04 Å². The Kier molecular flexibility index (Phi) is 4.15. The number of aliphatic hydroxyl groups is 1. The number of amides is 1. The van der Waals surface area contributed by atoms with E-state index in [4.69, 9.17) is 9.15 Å². The summed E-state index contributed by atoms with van der Waals surface area (Å²) in [6, 6.07) is 8.67. The number of carbonyl (C=O) groups excluding carboxylic acids is 1. The van der Waals surface area contributed by atoms with Crippen LogP contribution in [0.25, 0.3) is 0 Å². The lowest BCUT2D eigenvalue weighted by Crippen LogP contribution is -2.34. The van der Waals surface area contributed by atoms with Crippen LogP contribution in [0.1, 0.15) is 41.9 Å². The van der Waals surface area contributed by atoms with Crippen molar-refractivity contribution in [2.24, 2.45) is 0 Å². The molecular weight excluding hydrogens is 282 g/mol. The van der Waals surface area contributed by atoms with Gasteiger partial charge in [-0.2, -0.15) is 0 Å². The van der Waals surface area contributed by atoms with Crippen molar-refractivity contribution in [3.05, 3.63) is 53.5 Å².